The van der Waals surface area contributed by atoms with Crippen molar-refractivity contribution in [2.45, 2.75) is 11.5 Å². The van der Waals surface area contributed by atoms with Crippen LogP contribution >= 0.6 is 15.2 Å². The minimum atomic E-state index is -5.68. The first-order valence-electron chi connectivity index (χ1n) is 3.49. The summed E-state index contributed by atoms with van der Waals surface area (Å²) in [6.07, 6.45) is -1.50. The molecule has 0 radical (unpaired) electrons. The molecule has 0 aromatic heterocycles. The lowest BCUT2D eigenvalue weighted by molar-refractivity contribution is 0.127. The Kier molecular flexibility index (Phi) is 4.49. The predicted molar refractivity (Wildman–Crippen MR) is 50.1 cm³/mol. The molecule has 0 aromatic rings. The summed E-state index contributed by atoms with van der Waals surface area (Å²) in [6, 6.07) is 0. The van der Waals surface area contributed by atoms with Crippen LogP contribution < -0.4 is 0 Å². The van der Waals surface area contributed by atoms with Gasteiger partial charge >= 0.3 is 15.2 Å². The third-order valence-electron chi connectivity index (χ3n) is 1.63. The molecule has 0 aliphatic heterocycles. The quantitative estimate of drug-likeness (QED) is 0.251. The molecule has 0 aromatic carbocycles. The van der Waals surface area contributed by atoms with E-state index in [4.69, 9.17) is 29.2 Å². The van der Waals surface area contributed by atoms with E-state index in [1.165, 1.54) is 0 Å². The Balaban J connectivity index is 5.32. The normalized spacial score (nSPS) is 15.1. The monoisotopic (exact) mass is 300 g/mol. The van der Waals surface area contributed by atoms with Gasteiger partial charge in [-0.1, -0.05) is 0 Å². The SMILES string of the molecule is O=P(O)(O)C(O)(CCS(=O)(=O)O)P(=O)(O)O. The molecule has 0 saturated carbocycles. The van der Waals surface area contributed by atoms with Gasteiger partial charge in [-0.25, -0.2) is 0 Å². The van der Waals surface area contributed by atoms with Gasteiger partial charge in [0.1, 0.15) is 0 Å². The Labute approximate surface area is 90.0 Å². The first-order chi connectivity index (χ1) is 6.71. The van der Waals surface area contributed by atoms with Crippen molar-refractivity contribution in [1.29, 1.82) is 0 Å². The molecular formula is C3H10O10P2S. The van der Waals surface area contributed by atoms with Gasteiger partial charge in [0.2, 0.25) is 0 Å². The number of aliphatic hydroxyl groups is 1. The lowest BCUT2D eigenvalue weighted by atomic mass is 10.5. The van der Waals surface area contributed by atoms with Gasteiger partial charge in [0.25, 0.3) is 15.2 Å². The Hall–Kier alpha value is 0.170. The molecule has 0 amide bonds. The van der Waals surface area contributed by atoms with Crippen molar-refractivity contribution in [2.24, 2.45) is 0 Å². The summed E-state index contributed by atoms with van der Waals surface area (Å²) in [5.74, 6) is -1.40. The molecule has 0 unspecified atom stereocenters. The van der Waals surface area contributed by atoms with Crippen LogP contribution in [0.25, 0.3) is 0 Å². The molecule has 0 spiro atoms. The van der Waals surface area contributed by atoms with Crippen LogP contribution in [0.15, 0.2) is 0 Å². The van der Waals surface area contributed by atoms with Crippen LogP contribution in [0, 0.1) is 0 Å². The van der Waals surface area contributed by atoms with Gasteiger partial charge in [-0.05, 0) is 0 Å². The van der Waals surface area contributed by atoms with Crippen molar-refractivity contribution in [2.75, 3.05) is 5.75 Å². The summed E-state index contributed by atoms with van der Waals surface area (Å²) in [6.45, 7) is 0. The fourth-order valence-electron chi connectivity index (χ4n) is 0.727. The highest BCUT2D eigenvalue weighted by molar-refractivity contribution is 7.85. The van der Waals surface area contributed by atoms with Crippen molar-refractivity contribution in [3.8, 4) is 0 Å². The van der Waals surface area contributed by atoms with Crippen molar-refractivity contribution in [1.82, 2.24) is 0 Å². The fourth-order valence-corrected chi connectivity index (χ4v) is 3.75. The second kappa shape index (κ2) is 4.45. The lowest BCUT2D eigenvalue weighted by Gasteiger charge is -2.28. The zero-order chi connectivity index (χ0) is 13.4. The van der Waals surface area contributed by atoms with Gasteiger partial charge in [0.05, 0.1) is 5.75 Å². The zero-order valence-electron chi connectivity index (χ0n) is 7.53. The summed E-state index contributed by atoms with van der Waals surface area (Å²) in [5.41, 5.74) is 0. The van der Waals surface area contributed by atoms with Crippen LogP contribution in [-0.4, -0.2) is 48.5 Å². The predicted octanol–water partition coefficient (Wildman–Crippen LogP) is -1.73. The molecule has 98 valence electrons. The molecule has 0 aliphatic rings. The van der Waals surface area contributed by atoms with E-state index < -0.39 is 42.6 Å². The Bertz CT molecular complexity index is 417. The van der Waals surface area contributed by atoms with Crippen LogP contribution in [0.4, 0.5) is 0 Å². The Morgan fingerprint density at radius 1 is 1.00 bits per heavy atom. The highest BCUT2D eigenvalue weighted by Crippen LogP contribution is 2.68. The molecule has 10 nitrogen and oxygen atoms in total. The summed E-state index contributed by atoms with van der Waals surface area (Å²) in [5, 5.41) is 5.32. The highest BCUT2D eigenvalue weighted by atomic mass is 32.2. The molecule has 6 N–H and O–H groups in total. The molecule has 0 bridgehead atoms. The molecule has 0 aliphatic carbocycles. The van der Waals surface area contributed by atoms with Crippen LogP contribution in [-0.2, 0) is 19.2 Å². The Morgan fingerprint density at radius 3 is 1.50 bits per heavy atom. The summed E-state index contributed by atoms with van der Waals surface area (Å²) >= 11 is 0. The largest absolute Gasteiger partial charge is 0.369 e. The maximum atomic E-state index is 10.7. The van der Waals surface area contributed by atoms with Gasteiger partial charge in [-0.2, -0.15) is 8.42 Å². The van der Waals surface area contributed by atoms with E-state index in [1.54, 1.807) is 0 Å². The second-order valence-electron chi connectivity index (χ2n) is 2.90. The molecule has 13 heteroatoms. The summed E-state index contributed by atoms with van der Waals surface area (Å²) in [4.78, 5) is 34.2. The maximum Gasteiger partial charge on any atom is 0.369 e. The smallest absolute Gasteiger partial charge is 0.367 e. The molecule has 0 rings (SSSR count). The van der Waals surface area contributed by atoms with Gasteiger partial charge in [0, 0.05) is 6.42 Å². The summed E-state index contributed by atoms with van der Waals surface area (Å²) in [7, 11) is -16.1. The number of hydrogen-bond donors (Lipinski definition) is 6. The van der Waals surface area contributed by atoms with Crippen molar-refractivity contribution < 1.29 is 46.8 Å². The van der Waals surface area contributed by atoms with Gasteiger partial charge in [-0.3, -0.25) is 13.7 Å². The molecule has 0 heterocycles. The van der Waals surface area contributed by atoms with E-state index in [9.17, 15) is 17.5 Å². The minimum Gasteiger partial charge on any atom is -0.367 e. The van der Waals surface area contributed by atoms with E-state index in [0.717, 1.165) is 0 Å². The van der Waals surface area contributed by atoms with Gasteiger partial charge < -0.3 is 24.7 Å². The lowest BCUT2D eigenvalue weighted by Crippen LogP contribution is -2.31. The number of hydrogen-bond acceptors (Lipinski definition) is 5. The van der Waals surface area contributed by atoms with Crippen LogP contribution in [0.5, 0.6) is 0 Å². The standard InChI is InChI=1S/C3H10O10P2S/c4-3(14(5,6)7,15(8,9)10)1-2-16(11,12)13/h4H,1-2H2,(H2,5,6,7)(H2,8,9,10)(H,11,12,13). The van der Waals surface area contributed by atoms with E-state index in [-0.39, 0.29) is 0 Å². The molecular weight excluding hydrogens is 290 g/mol. The van der Waals surface area contributed by atoms with Crippen molar-refractivity contribution >= 4 is 25.3 Å². The van der Waals surface area contributed by atoms with E-state index in [2.05, 4.69) is 0 Å². The highest BCUT2D eigenvalue weighted by Gasteiger charge is 2.59. The van der Waals surface area contributed by atoms with Gasteiger partial charge in [-0.15, -0.1) is 0 Å². The van der Waals surface area contributed by atoms with E-state index >= 15 is 0 Å². The van der Waals surface area contributed by atoms with Crippen molar-refractivity contribution in [3.05, 3.63) is 0 Å². The first-order valence-corrected chi connectivity index (χ1v) is 8.33. The third-order valence-corrected chi connectivity index (χ3v) is 6.22. The average molecular weight is 300 g/mol. The molecule has 0 saturated heterocycles. The van der Waals surface area contributed by atoms with Crippen LogP contribution in [0.3, 0.4) is 0 Å². The second-order valence-corrected chi connectivity index (χ2v) is 8.48. The van der Waals surface area contributed by atoms with E-state index in [0.29, 0.717) is 0 Å². The summed E-state index contributed by atoms with van der Waals surface area (Å²) < 4.78 is 50.2. The minimum absolute atomic E-state index is 1.40. The van der Waals surface area contributed by atoms with Crippen molar-refractivity contribution in [3.63, 3.8) is 0 Å². The molecule has 16 heavy (non-hydrogen) atoms. The van der Waals surface area contributed by atoms with Gasteiger partial charge in [0.15, 0.2) is 0 Å². The number of rotatable bonds is 5. The van der Waals surface area contributed by atoms with Crippen LogP contribution in [0.2, 0.25) is 0 Å². The Morgan fingerprint density at radius 2 is 1.31 bits per heavy atom. The van der Waals surface area contributed by atoms with Crippen LogP contribution in [0.1, 0.15) is 6.42 Å². The fraction of sp³-hybridized carbons (Fsp3) is 1.00. The zero-order valence-corrected chi connectivity index (χ0v) is 10.1. The molecule has 0 fully saturated rings. The molecule has 0 atom stereocenters. The third kappa shape index (κ3) is 3.88. The maximum absolute atomic E-state index is 10.7. The first kappa shape index (κ1) is 16.2. The average Bonchev–Trinajstić information content (AvgIpc) is 1.93. The van der Waals surface area contributed by atoms with E-state index in [1.807, 2.05) is 0 Å². The topological polar surface area (TPSA) is 190 Å².